The molecule has 0 amide bonds. The average Bonchev–Trinajstić information content (AvgIpc) is 2.78. The van der Waals surface area contributed by atoms with Crippen LogP contribution in [0.4, 0.5) is 0 Å². The van der Waals surface area contributed by atoms with Crippen molar-refractivity contribution in [3.8, 4) is 0 Å². The number of aryl methyl sites for hydroxylation is 1. The summed E-state index contributed by atoms with van der Waals surface area (Å²) in [4.78, 5) is 4.37. The highest BCUT2D eigenvalue weighted by Gasteiger charge is 2.33. The van der Waals surface area contributed by atoms with Gasteiger partial charge in [0.2, 0.25) is 0 Å². The number of rotatable bonds is 5. The van der Waals surface area contributed by atoms with Gasteiger partial charge in [0.05, 0.1) is 0 Å². The van der Waals surface area contributed by atoms with E-state index in [-0.39, 0.29) is 6.04 Å². The first-order valence-electron chi connectivity index (χ1n) is 7.28. The summed E-state index contributed by atoms with van der Waals surface area (Å²) in [6.45, 7) is 5.45. The van der Waals surface area contributed by atoms with Gasteiger partial charge in [-0.15, -0.1) is 0 Å². The number of hydrogen-bond acceptors (Lipinski definition) is 3. The van der Waals surface area contributed by atoms with Crippen molar-refractivity contribution < 1.29 is 0 Å². The van der Waals surface area contributed by atoms with Crippen LogP contribution in [0.2, 0.25) is 0 Å². The second kappa shape index (κ2) is 5.83. The second-order valence-corrected chi connectivity index (χ2v) is 5.92. The molecule has 1 unspecified atom stereocenters. The lowest BCUT2D eigenvalue weighted by molar-refractivity contribution is 0.166. The molecule has 4 heteroatoms. The van der Waals surface area contributed by atoms with Crippen molar-refractivity contribution in [3.63, 3.8) is 0 Å². The monoisotopic (exact) mass is 250 g/mol. The molecule has 0 bridgehead atoms. The summed E-state index contributed by atoms with van der Waals surface area (Å²) in [5.74, 6) is 1.05. The minimum atomic E-state index is 0.206. The maximum absolute atomic E-state index is 6.46. The average molecular weight is 250 g/mol. The molecule has 2 rings (SSSR count). The Morgan fingerprint density at radius 2 is 2.11 bits per heavy atom. The maximum Gasteiger partial charge on any atom is 0.138 e. The molecular formula is C14H26N4. The molecule has 1 heterocycles. The highest BCUT2D eigenvalue weighted by Crippen LogP contribution is 2.38. The van der Waals surface area contributed by atoms with Crippen LogP contribution in [0.5, 0.6) is 0 Å². The largest absolute Gasteiger partial charge is 0.327 e. The minimum absolute atomic E-state index is 0.206. The fraction of sp³-hybridized carbons (Fsp3) is 0.857. The van der Waals surface area contributed by atoms with Crippen LogP contribution in [-0.4, -0.2) is 20.8 Å². The Bertz CT molecular complexity index is 366. The highest BCUT2D eigenvalue weighted by atomic mass is 15.3. The van der Waals surface area contributed by atoms with Crippen LogP contribution in [0, 0.1) is 5.41 Å². The number of nitrogens with two attached hydrogens (primary N) is 1. The van der Waals surface area contributed by atoms with E-state index in [1.165, 1.54) is 32.1 Å². The first kappa shape index (κ1) is 13.5. The third kappa shape index (κ3) is 2.91. The second-order valence-electron chi connectivity index (χ2n) is 5.92. The van der Waals surface area contributed by atoms with Gasteiger partial charge in [-0.3, -0.25) is 4.68 Å². The molecule has 1 aliphatic rings. The van der Waals surface area contributed by atoms with Gasteiger partial charge in [-0.2, -0.15) is 5.10 Å². The fourth-order valence-electron chi connectivity index (χ4n) is 3.02. The predicted molar refractivity (Wildman–Crippen MR) is 73.2 cm³/mol. The quantitative estimate of drug-likeness (QED) is 0.873. The van der Waals surface area contributed by atoms with Crippen LogP contribution in [0.15, 0.2) is 6.33 Å². The molecule has 0 aromatic carbocycles. The molecule has 0 aliphatic heterocycles. The van der Waals surface area contributed by atoms with E-state index in [0.717, 1.165) is 25.2 Å². The smallest absolute Gasteiger partial charge is 0.138 e. The Balaban J connectivity index is 2.01. The van der Waals surface area contributed by atoms with Crippen molar-refractivity contribution in [2.45, 2.75) is 71.4 Å². The van der Waals surface area contributed by atoms with Crippen molar-refractivity contribution in [1.82, 2.24) is 14.8 Å². The Hall–Kier alpha value is -0.900. The molecule has 102 valence electrons. The standard InChI is InChI=1S/C14H26N4/c1-3-9-18-13(16-11-17-18)10-12(15)14(2)7-5-4-6-8-14/h11-12H,3-10,15H2,1-2H3. The van der Waals surface area contributed by atoms with Crippen molar-refractivity contribution in [3.05, 3.63) is 12.2 Å². The van der Waals surface area contributed by atoms with Crippen molar-refractivity contribution >= 4 is 0 Å². The molecule has 1 aliphatic carbocycles. The number of aromatic nitrogens is 3. The van der Waals surface area contributed by atoms with Gasteiger partial charge in [0.15, 0.2) is 0 Å². The highest BCUT2D eigenvalue weighted by molar-refractivity contribution is 4.96. The van der Waals surface area contributed by atoms with Crippen molar-refractivity contribution in [2.24, 2.45) is 11.1 Å². The van der Waals surface area contributed by atoms with E-state index in [4.69, 9.17) is 5.73 Å². The minimum Gasteiger partial charge on any atom is -0.327 e. The van der Waals surface area contributed by atoms with Gasteiger partial charge in [-0.05, 0) is 24.7 Å². The SMILES string of the molecule is CCCn1ncnc1CC(N)C1(C)CCCCC1. The molecule has 4 nitrogen and oxygen atoms in total. The molecule has 1 fully saturated rings. The lowest BCUT2D eigenvalue weighted by atomic mass is 9.70. The van der Waals surface area contributed by atoms with Gasteiger partial charge < -0.3 is 5.73 Å². The predicted octanol–water partition coefficient (Wildman–Crippen LogP) is 2.53. The van der Waals surface area contributed by atoms with Crippen LogP contribution in [0.3, 0.4) is 0 Å². The van der Waals surface area contributed by atoms with Gasteiger partial charge in [0.1, 0.15) is 12.2 Å². The fourth-order valence-corrected chi connectivity index (χ4v) is 3.02. The van der Waals surface area contributed by atoms with E-state index >= 15 is 0 Å². The first-order chi connectivity index (χ1) is 8.65. The van der Waals surface area contributed by atoms with Crippen LogP contribution in [-0.2, 0) is 13.0 Å². The summed E-state index contributed by atoms with van der Waals surface area (Å²) in [7, 11) is 0. The Labute approximate surface area is 110 Å². The molecular weight excluding hydrogens is 224 g/mol. The van der Waals surface area contributed by atoms with E-state index in [9.17, 15) is 0 Å². The summed E-state index contributed by atoms with van der Waals surface area (Å²) < 4.78 is 2.01. The third-order valence-electron chi connectivity index (χ3n) is 4.42. The van der Waals surface area contributed by atoms with Crippen molar-refractivity contribution in [2.75, 3.05) is 0 Å². The molecule has 1 atom stereocenters. The van der Waals surface area contributed by atoms with Gasteiger partial charge >= 0.3 is 0 Å². The van der Waals surface area contributed by atoms with Gasteiger partial charge in [0, 0.05) is 19.0 Å². The Morgan fingerprint density at radius 3 is 2.78 bits per heavy atom. The summed E-state index contributed by atoms with van der Waals surface area (Å²) in [6.07, 6.45) is 10.1. The number of hydrogen-bond donors (Lipinski definition) is 1. The van der Waals surface area contributed by atoms with E-state index in [0.29, 0.717) is 5.41 Å². The topological polar surface area (TPSA) is 56.7 Å². The zero-order chi connectivity index (χ0) is 13.0. The van der Waals surface area contributed by atoms with Crippen LogP contribution in [0.25, 0.3) is 0 Å². The van der Waals surface area contributed by atoms with Gasteiger partial charge in [-0.25, -0.2) is 4.98 Å². The molecule has 18 heavy (non-hydrogen) atoms. The molecule has 1 aromatic rings. The first-order valence-corrected chi connectivity index (χ1v) is 7.28. The molecule has 2 N–H and O–H groups in total. The Kier molecular flexibility index (Phi) is 4.38. The van der Waals surface area contributed by atoms with E-state index in [2.05, 4.69) is 23.9 Å². The zero-order valence-electron chi connectivity index (χ0n) is 11.7. The van der Waals surface area contributed by atoms with Crippen LogP contribution >= 0.6 is 0 Å². The molecule has 0 saturated heterocycles. The van der Waals surface area contributed by atoms with Crippen LogP contribution in [0.1, 0.15) is 58.2 Å². The summed E-state index contributed by atoms with van der Waals surface area (Å²) in [5.41, 5.74) is 6.75. The lowest BCUT2D eigenvalue weighted by Gasteiger charge is -2.38. The third-order valence-corrected chi connectivity index (χ3v) is 4.42. The summed E-state index contributed by atoms with van der Waals surface area (Å²) in [6, 6.07) is 0.206. The lowest BCUT2D eigenvalue weighted by Crippen LogP contribution is -2.43. The molecule has 1 aromatic heterocycles. The van der Waals surface area contributed by atoms with E-state index in [1.807, 2.05) is 4.68 Å². The normalized spacial score (nSPS) is 20.8. The molecule has 0 spiro atoms. The van der Waals surface area contributed by atoms with Crippen molar-refractivity contribution in [1.29, 1.82) is 0 Å². The Morgan fingerprint density at radius 1 is 1.39 bits per heavy atom. The van der Waals surface area contributed by atoms with E-state index in [1.54, 1.807) is 6.33 Å². The van der Waals surface area contributed by atoms with E-state index < -0.39 is 0 Å². The molecule has 0 radical (unpaired) electrons. The van der Waals surface area contributed by atoms with Gasteiger partial charge in [-0.1, -0.05) is 33.1 Å². The van der Waals surface area contributed by atoms with Crippen LogP contribution < -0.4 is 5.73 Å². The number of nitrogens with zero attached hydrogens (tertiary/aromatic N) is 3. The summed E-state index contributed by atoms with van der Waals surface area (Å²) >= 11 is 0. The van der Waals surface area contributed by atoms with Gasteiger partial charge in [0.25, 0.3) is 0 Å². The maximum atomic E-state index is 6.46. The molecule has 1 saturated carbocycles. The zero-order valence-corrected chi connectivity index (χ0v) is 11.7. The summed E-state index contributed by atoms with van der Waals surface area (Å²) in [5, 5.41) is 4.28.